The maximum absolute atomic E-state index is 12.4. The Morgan fingerprint density at radius 2 is 1.97 bits per heavy atom. The Morgan fingerprint density at radius 3 is 2.61 bits per heavy atom. The number of carbonyl (C=O) groups excluding carboxylic acids is 1. The standard InChI is InChI=1S/C18H19N7O6/c1-7-2-4-8(5-3-7)14(29)23-24-18-20-10-13(21-17(19)22-15(10)30)25(18)16-12(28)11(27)9(6-26)31-16/h2-5,9,11-12,16,26-28H,6H2,1H3,(H3,19,21,22,30)/t9-,11?,12?,16-/m1/s1. The minimum absolute atomic E-state index is 0.104. The van der Waals surface area contributed by atoms with E-state index in [0.29, 0.717) is 0 Å². The van der Waals surface area contributed by atoms with Crippen LogP contribution in [-0.4, -0.2) is 65.7 Å². The molecule has 31 heavy (non-hydrogen) atoms. The quantitative estimate of drug-likeness (QED) is 0.340. The predicted molar refractivity (Wildman–Crippen MR) is 106 cm³/mol. The average molecular weight is 429 g/mol. The van der Waals surface area contributed by atoms with Crippen molar-refractivity contribution in [1.29, 1.82) is 0 Å². The number of fused-ring (bicyclic) bond motifs is 1. The van der Waals surface area contributed by atoms with Gasteiger partial charge in [0.25, 0.3) is 17.4 Å². The zero-order chi connectivity index (χ0) is 22.3. The van der Waals surface area contributed by atoms with E-state index in [1.807, 2.05) is 6.92 Å². The lowest BCUT2D eigenvalue weighted by molar-refractivity contribution is -0.0503. The van der Waals surface area contributed by atoms with Crippen LogP contribution < -0.4 is 11.3 Å². The normalized spacial score (nSPS) is 23.7. The SMILES string of the molecule is Cc1ccc(C(=O)N=Nc2nc3c(=O)[nH]c(N)nc3n2[C@@H]2O[C@H](CO)C(O)C2O)cc1. The fourth-order valence-corrected chi connectivity index (χ4v) is 3.23. The Bertz CT molecular complexity index is 1220. The van der Waals surface area contributed by atoms with Crippen LogP contribution >= 0.6 is 0 Å². The molecule has 0 spiro atoms. The molecule has 1 aliphatic rings. The molecule has 1 aliphatic heterocycles. The molecule has 0 saturated carbocycles. The molecule has 0 bridgehead atoms. The van der Waals surface area contributed by atoms with Gasteiger partial charge < -0.3 is 25.8 Å². The molecule has 1 fully saturated rings. The number of hydrogen-bond donors (Lipinski definition) is 5. The highest BCUT2D eigenvalue weighted by Gasteiger charge is 2.45. The Labute approximate surface area is 173 Å². The van der Waals surface area contributed by atoms with Crippen LogP contribution in [-0.2, 0) is 4.74 Å². The number of nitrogen functional groups attached to an aromatic ring is 1. The van der Waals surface area contributed by atoms with Crippen LogP contribution in [0.3, 0.4) is 0 Å². The van der Waals surface area contributed by atoms with Gasteiger partial charge in [-0.15, -0.1) is 10.2 Å². The van der Waals surface area contributed by atoms with Gasteiger partial charge in [0, 0.05) is 5.56 Å². The monoisotopic (exact) mass is 429 g/mol. The van der Waals surface area contributed by atoms with Crippen LogP contribution in [0.15, 0.2) is 39.3 Å². The molecule has 2 unspecified atom stereocenters. The molecule has 0 aliphatic carbocycles. The summed E-state index contributed by atoms with van der Waals surface area (Å²) in [6.45, 7) is 1.30. The van der Waals surface area contributed by atoms with Crippen LogP contribution in [0, 0.1) is 6.92 Å². The molecule has 0 radical (unpaired) electrons. The summed E-state index contributed by atoms with van der Waals surface area (Å²) in [5.74, 6) is -1.18. The van der Waals surface area contributed by atoms with E-state index in [9.17, 15) is 24.9 Å². The molecular formula is C18H19N7O6. The van der Waals surface area contributed by atoms with E-state index in [1.165, 1.54) is 0 Å². The van der Waals surface area contributed by atoms with Gasteiger partial charge in [-0.2, -0.15) is 4.98 Å². The molecule has 162 valence electrons. The van der Waals surface area contributed by atoms with E-state index in [1.54, 1.807) is 24.3 Å². The molecule has 4 atom stereocenters. The summed E-state index contributed by atoms with van der Waals surface area (Å²) in [6.07, 6.45) is -5.37. The number of anilines is 1. The zero-order valence-corrected chi connectivity index (χ0v) is 16.2. The zero-order valence-electron chi connectivity index (χ0n) is 16.2. The van der Waals surface area contributed by atoms with Crippen molar-refractivity contribution in [2.75, 3.05) is 12.3 Å². The number of azo groups is 1. The smallest absolute Gasteiger partial charge is 0.295 e. The third kappa shape index (κ3) is 3.70. The Morgan fingerprint density at radius 1 is 1.26 bits per heavy atom. The van der Waals surface area contributed by atoms with E-state index >= 15 is 0 Å². The topological polar surface area (TPSA) is 201 Å². The van der Waals surface area contributed by atoms with E-state index in [4.69, 9.17) is 10.5 Å². The number of aromatic amines is 1. The van der Waals surface area contributed by atoms with E-state index < -0.39 is 42.6 Å². The molecule has 3 heterocycles. The van der Waals surface area contributed by atoms with Crippen LogP contribution in [0.1, 0.15) is 22.1 Å². The van der Waals surface area contributed by atoms with Crippen molar-refractivity contribution in [1.82, 2.24) is 19.5 Å². The number of H-pyrrole nitrogens is 1. The number of aryl methyl sites for hydroxylation is 1. The van der Waals surface area contributed by atoms with Gasteiger partial charge in [0.2, 0.25) is 5.95 Å². The summed E-state index contributed by atoms with van der Waals surface area (Å²) >= 11 is 0. The minimum Gasteiger partial charge on any atom is -0.394 e. The average Bonchev–Trinajstić information content (AvgIpc) is 3.24. The first-order valence-electron chi connectivity index (χ1n) is 9.23. The lowest BCUT2D eigenvalue weighted by atomic mass is 10.1. The van der Waals surface area contributed by atoms with Crippen LogP contribution in [0.2, 0.25) is 0 Å². The van der Waals surface area contributed by atoms with Crippen molar-refractivity contribution in [2.45, 2.75) is 31.5 Å². The number of benzene rings is 1. The van der Waals surface area contributed by atoms with Gasteiger partial charge in [0.05, 0.1) is 6.61 Å². The van der Waals surface area contributed by atoms with Crippen LogP contribution in [0.5, 0.6) is 0 Å². The van der Waals surface area contributed by atoms with Gasteiger partial charge in [-0.25, -0.2) is 4.98 Å². The first-order valence-corrected chi connectivity index (χ1v) is 9.23. The molecule has 13 heteroatoms. The predicted octanol–water partition coefficient (Wildman–Crippen LogP) is -0.454. The summed E-state index contributed by atoms with van der Waals surface area (Å²) in [5, 5.41) is 37.3. The summed E-state index contributed by atoms with van der Waals surface area (Å²) < 4.78 is 6.60. The Hall–Kier alpha value is -3.52. The first-order chi connectivity index (χ1) is 14.8. The number of ether oxygens (including phenoxy) is 1. The van der Waals surface area contributed by atoms with Crippen molar-refractivity contribution >= 4 is 29.0 Å². The van der Waals surface area contributed by atoms with Crippen molar-refractivity contribution in [3.63, 3.8) is 0 Å². The molecule has 3 aromatic rings. The number of nitrogens with zero attached hydrogens (tertiary/aromatic N) is 5. The highest BCUT2D eigenvalue weighted by atomic mass is 16.6. The van der Waals surface area contributed by atoms with Crippen LogP contribution in [0.4, 0.5) is 11.9 Å². The largest absolute Gasteiger partial charge is 0.394 e. The molecule has 1 amide bonds. The number of carbonyl (C=O) groups is 1. The highest BCUT2D eigenvalue weighted by Crippen LogP contribution is 2.34. The van der Waals surface area contributed by atoms with E-state index in [-0.39, 0.29) is 28.6 Å². The lowest BCUT2D eigenvalue weighted by Crippen LogP contribution is -2.33. The van der Waals surface area contributed by atoms with Gasteiger partial charge >= 0.3 is 0 Å². The van der Waals surface area contributed by atoms with Gasteiger partial charge in [0.1, 0.15) is 18.3 Å². The number of aromatic nitrogens is 4. The second kappa shape index (κ2) is 7.96. The molecule has 1 aromatic carbocycles. The van der Waals surface area contributed by atoms with Gasteiger partial charge in [0.15, 0.2) is 17.4 Å². The van der Waals surface area contributed by atoms with Crippen molar-refractivity contribution in [3.8, 4) is 0 Å². The Balaban J connectivity index is 1.80. The van der Waals surface area contributed by atoms with Crippen molar-refractivity contribution in [2.24, 2.45) is 10.2 Å². The molecule has 4 rings (SSSR count). The first kappa shape index (κ1) is 20.7. The van der Waals surface area contributed by atoms with Gasteiger partial charge in [-0.1, -0.05) is 17.7 Å². The number of nitrogens with two attached hydrogens (primary N) is 1. The number of rotatable bonds is 4. The lowest BCUT2D eigenvalue weighted by Gasteiger charge is -2.17. The summed E-state index contributed by atoms with van der Waals surface area (Å²) in [4.78, 5) is 34.9. The maximum atomic E-state index is 12.4. The van der Waals surface area contributed by atoms with Crippen molar-refractivity contribution < 1.29 is 24.9 Å². The minimum atomic E-state index is -1.52. The van der Waals surface area contributed by atoms with E-state index in [0.717, 1.165) is 10.1 Å². The summed E-state index contributed by atoms with van der Waals surface area (Å²) in [7, 11) is 0. The van der Waals surface area contributed by atoms with Crippen molar-refractivity contribution in [3.05, 3.63) is 45.7 Å². The number of nitrogens with one attached hydrogen (secondary N) is 1. The van der Waals surface area contributed by atoms with Crippen LogP contribution in [0.25, 0.3) is 11.2 Å². The Kier molecular flexibility index (Phi) is 5.32. The fourth-order valence-electron chi connectivity index (χ4n) is 3.23. The number of amides is 1. The van der Waals surface area contributed by atoms with E-state index in [2.05, 4.69) is 25.2 Å². The molecule has 1 saturated heterocycles. The second-order valence-electron chi connectivity index (χ2n) is 7.01. The van der Waals surface area contributed by atoms with Gasteiger partial charge in [-0.05, 0) is 19.1 Å². The third-order valence-electron chi connectivity index (χ3n) is 4.85. The number of aliphatic hydroxyl groups excluding tert-OH is 3. The number of hydrogen-bond acceptors (Lipinski definition) is 10. The molecule has 13 nitrogen and oxygen atoms in total. The summed E-state index contributed by atoms with van der Waals surface area (Å²) in [6, 6.07) is 6.64. The third-order valence-corrected chi connectivity index (χ3v) is 4.85. The number of aliphatic hydroxyl groups is 3. The highest BCUT2D eigenvalue weighted by molar-refractivity contribution is 5.94. The molecular weight excluding hydrogens is 410 g/mol. The molecule has 6 N–H and O–H groups in total. The fraction of sp³-hybridized carbons (Fsp3) is 0.333. The molecule has 2 aromatic heterocycles. The van der Waals surface area contributed by atoms with Gasteiger partial charge in [-0.3, -0.25) is 19.1 Å². The summed E-state index contributed by atoms with van der Waals surface area (Å²) in [5.41, 5.74) is 5.88. The second-order valence-corrected chi connectivity index (χ2v) is 7.01. The maximum Gasteiger partial charge on any atom is 0.295 e. The number of imidazole rings is 1.